The topological polar surface area (TPSA) is 84.4 Å². The first-order valence-corrected chi connectivity index (χ1v) is 6.10. The molecular weight excluding hydrogens is 232 g/mol. The normalized spacial score (nSPS) is 23.7. The number of β-amino-alcohol motifs (C(OH)–C–C–N with tert-alkyl or cyclic N) is 1. The van der Waals surface area contributed by atoms with Crippen LogP contribution in [-0.2, 0) is 11.3 Å². The van der Waals surface area contributed by atoms with Crippen molar-refractivity contribution in [2.45, 2.75) is 39.3 Å². The Labute approximate surface area is 106 Å². The van der Waals surface area contributed by atoms with E-state index in [0.29, 0.717) is 25.2 Å². The van der Waals surface area contributed by atoms with Crippen molar-refractivity contribution in [2.24, 2.45) is 0 Å². The number of carbonyl (C=O) groups is 1. The Hall–Kier alpha value is -1.56. The second kappa shape index (κ2) is 4.28. The standard InChI is InChI=1S/C12H20N4O2/c1-8-11(13)9(2)16(14-8)6-10(17)15-5-4-12(3,18)7-15/h18H,4-7,13H2,1-3H3. The molecule has 2 heterocycles. The zero-order valence-corrected chi connectivity index (χ0v) is 11.1. The van der Waals surface area contributed by atoms with Crippen LogP contribution in [0.4, 0.5) is 5.69 Å². The van der Waals surface area contributed by atoms with Gasteiger partial charge < -0.3 is 15.7 Å². The maximum Gasteiger partial charge on any atom is 0.244 e. The molecule has 0 spiro atoms. The van der Waals surface area contributed by atoms with Crippen molar-refractivity contribution in [1.82, 2.24) is 14.7 Å². The molecule has 100 valence electrons. The number of rotatable bonds is 2. The van der Waals surface area contributed by atoms with E-state index in [2.05, 4.69) is 5.10 Å². The highest BCUT2D eigenvalue weighted by Crippen LogP contribution is 2.21. The molecule has 3 N–H and O–H groups in total. The molecule has 0 radical (unpaired) electrons. The molecular formula is C12H20N4O2. The lowest BCUT2D eigenvalue weighted by molar-refractivity contribution is -0.131. The van der Waals surface area contributed by atoms with E-state index in [0.717, 1.165) is 11.4 Å². The predicted octanol–water partition coefficient (Wildman–Crippen LogP) is 0.0654. The average molecular weight is 252 g/mol. The molecule has 1 aliphatic rings. The zero-order chi connectivity index (χ0) is 13.5. The van der Waals surface area contributed by atoms with E-state index >= 15 is 0 Å². The van der Waals surface area contributed by atoms with Crippen LogP contribution in [-0.4, -0.2) is 44.4 Å². The molecule has 6 nitrogen and oxygen atoms in total. The van der Waals surface area contributed by atoms with Crippen LogP contribution in [0.1, 0.15) is 24.7 Å². The highest BCUT2D eigenvalue weighted by molar-refractivity contribution is 5.76. The van der Waals surface area contributed by atoms with Gasteiger partial charge in [-0.15, -0.1) is 0 Å². The van der Waals surface area contributed by atoms with Gasteiger partial charge in [0.2, 0.25) is 5.91 Å². The zero-order valence-electron chi connectivity index (χ0n) is 11.1. The van der Waals surface area contributed by atoms with Crippen LogP contribution in [0, 0.1) is 13.8 Å². The molecule has 1 amide bonds. The Balaban J connectivity index is 2.06. The molecule has 0 saturated carbocycles. The Morgan fingerprint density at radius 2 is 2.22 bits per heavy atom. The summed E-state index contributed by atoms with van der Waals surface area (Å²) in [6.45, 7) is 6.59. The molecule has 1 saturated heterocycles. The van der Waals surface area contributed by atoms with Crippen molar-refractivity contribution in [1.29, 1.82) is 0 Å². The minimum Gasteiger partial charge on any atom is -0.396 e. The van der Waals surface area contributed by atoms with Gasteiger partial charge in [-0.3, -0.25) is 9.48 Å². The second-order valence-electron chi connectivity index (χ2n) is 5.30. The van der Waals surface area contributed by atoms with Gasteiger partial charge in [-0.05, 0) is 27.2 Å². The molecule has 1 fully saturated rings. The largest absolute Gasteiger partial charge is 0.396 e. The van der Waals surface area contributed by atoms with Crippen molar-refractivity contribution < 1.29 is 9.90 Å². The lowest BCUT2D eigenvalue weighted by Gasteiger charge is -2.19. The van der Waals surface area contributed by atoms with Gasteiger partial charge in [0.05, 0.1) is 22.7 Å². The smallest absolute Gasteiger partial charge is 0.244 e. The van der Waals surface area contributed by atoms with Gasteiger partial charge in [0.25, 0.3) is 0 Å². The first-order chi connectivity index (χ1) is 8.30. The highest BCUT2D eigenvalue weighted by Gasteiger charge is 2.34. The van der Waals surface area contributed by atoms with E-state index in [-0.39, 0.29) is 12.5 Å². The molecule has 2 rings (SSSR count). The maximum absolute atomic E-state index is 12.1. The van der Waals surface area contributed by atoms with E-state index in [4.69, 9.17) is 5.73 Å². The number of nitrogens with zero attached hydrogens (tertiary/aromatic N) is 3. The number of nitrogens with two attached hydrogens (primary N) is 1. The number of nitrogen functional groups attached to an aromatic ring is 1. The van der Waals surface area contributed by atoms with Crippen molar-refractivity contribution in [3.8, 4) is 0 Å². The lowest BCUT2D eigenvalue weighted by Crippen LogP contribution is -2.36. The summed E-state index contributed by atoms with van der Waals surface area (Å²) >= 11 is 0. The number of hydrogen-bond acceptors (Lipinski definition) is 4. The summed E-state index contributed by atoms with van der Waals surface area (Å²) < 4.78 is 1.63. The molecule has 1 aromatic rings. The molecule has 1 aromatic heterocycles. The molecule has 1 unspecified atom stereocenters. The van der Waals surface area contributed by atoms with Crippen LogP contribution in [0.3, 0.4) is 0 Å². The summed E-state index contributed by atoms with van der Waals surface area (Å²) in [6, 6.07) is 0. The summed E-state index contributed by atoms with van der Waals surface area (Å²) in [5.41, 5.74) is 7.26. The number of hydrogen-bond donors (Lipinski definition) is 2. The Kier molecular flexibility index (Phi) is 3.06. The Morgan fingerprint density at radius 1 is 1.56 bits per heavy atom. The van der Waals surface area contributed by atoms with Crippen LogP contribution < -0.4 is 5.73 Å². The number of aryl methyl sites for hydroxylation is 1. The number of aliphatic hydroxyl groups is 1. The molecule has 1 atom stereocenters. The number of amides is 1. The van der Waals surface area contributed by atoms with E-state index in [1.807, 2.05) is 13.8 Å². The Bertz CT molecular complexity index is 479. The van der Waals surface area contributed by atoms with Crippen molar-refractivity contribution in [3.63, 3.8) is 0 Å². The molecule has 18 heavy (non-hydrogen) atoms. The van der Waals surface area contributed by atoms with Gasteiger partial charge in [-0.1, -0.05) is 0 Å². The van der Waals surface area contributed by atoms with Crippen molar-refractivity contribution in [2.75, 3.05) is 18.8 Å². The first kappa shape index (κ1) is 12.9. The molecule has 6 heteroatoms. The molecule has 0 bridgehead atoms. The number of carbonyl (C=O) groups excluding carboxylic acids is 1. The van der Waals surface area contributed by atoms with E-state index in [1.54, 1.807) is 16.5 Å². The summed E-state index contributed by atoms with van der Waals surface area (Å²) in [4.78, 5) is 13.8. The predicted molar refractivity (Wildman–Crippen MR) is 67.9 cm³/mol. The van der Waals surface area contributed by atoms with Gasteiger partial charge in [-0.25, -0.2) is 0 Å². The van der Waals surface area contributed by atoms with Gasteiger partial charge in [0, 0.05) is 13.1 Å². The van der Waals surface area contributed by atoms with Gasteiger partial charge in [0.15, 0.2) is 0 Å². The van der Waals surface area contributed by atoms with Crippen LogP contribution in [0.15, 0.2) is 0 Å². The van der Waals surface area contributed by atoms with Gasteiger partial charge >= 0.3 is 0 Å². The van der Waals surface area contributed by atoms with Gasteiger partial charge in [0.1, 0.15) is 6.54 Å². The summed E-state index contributed by atoms with van der Waals surface area (Å²) in [7, 11) is 0. The van der Waals surface area contributed by atoms with Crippen LogP contribution in [0.5, 0.6) is 0 Å². The number of anilines is 1. The van der Waals surface area contributed by atoms with Crippen LogP contribution in [0.25, 0.3) is 0 Å². The maximum atomic E-state index is 12.1. The minimum atomic E-state index is -0.760. The second-order valence-corrected chi connectivity index (χ2v) is 5.30. The first-order valence-electron chi connectivity index (χ1n) is 6.10. The fraction of sp³-hybridized carbons (Fsp3) is 0.667. The third-order valence-electron chi connectivity index (χ3n) is 3.53. The molecule has 1 aliphatic heterocycles. The summed E-state index contributed by atoms with van der Waals surface area (Å²) in [5, 5.41) is 14.1. The van der Waals surface area contributed by atoms with E-state index in [9.17, 15) is 9.90 Å². The summed E-state index contributed by atoms with van der Waals surface area (Å²) in [5.74, 6) is -0.0293. The highest BCUT2D eigenvalue weighted by atomic mass is 16.3. The average Bonchev–Trinajstić information content (AvgIpc) is 2.75. The van der Waals surface area contributed by atoms with Gasteiger partial charge in [-0.2, -0.15) is 5.10 Å². The quantitative estimate of drug-likeness (QED) is 0.780. The van der Waals surface area contributed by atoms with Crippen molar-refractivity contribution in [3.05, 3.63) is 11.4 Å². The fourth-order valence-corrected chi connectivity index (χ4v) is 2.25. The minimum absolute atomic E-state index is 0.0293. The SMILES string of the molecule is Cc1nn(CC(=O)N2CCC(C)(O)C2)c(C)c1N. The Morgan fingerprint density at radius 3 is 2.67 bits per heavy atom. The number of likely N-dealkylation sites (tertiary alicyclic amines) is 1. The third-order valence-corrected chi connectivity index (χ3v) is 3.53. The van der Waals surface area contributed by atoms with Crippen molar-refractivity contribution >= 4 is 11.6 Å². The van der Waals surface area contributed by atoms with Crippen LogP contribution >= 0.6 is 0 Å². The number of aromatic nitrogens is 2. The van der Waals surface area contributed by atoms with E-state index in [1.165, 1.54) is 0 Å². The fourth-order valence-electron chi connectivity index (χ4n) is 2.25. The third kappa shape index (κ3) is 2.33. The molecule has 0 aliphatic carbocycles. The monoisotopic (exact) mass is 252 g/mol. The summed E-state index contributed by atoms with van der Waals surface area (Å²) in [6.07, 6.45) is 0.623. The van der Waals surface area contributed by atoms with Crippen LogP contribution in [0.2, 0.25) is 0 Å². The molecule has 0 aromatic carbocycles. The lowest BCUT2D eigenvalue weighted by atomic mass is 10.1. The van der Waals surface area contributed by atoms with E-state index < -0.39 is 5.60 Å².